The molecule has 0 aliphatic carbocycles. The van der Waals surface area contributed by atoms with Gasteiger partial charge in [-0.1, -0.05) is 30.3 Å². The maximum absolute atomic E-state index is 5.70. The predicted molar refractivity (Wildman–Crippen MR) is 77.7 cm³/mol. The number of benzene rings is 1. The van der Waals surface area contributed by atoms with Crippen LogP contribution in [0.2, 0.25) is 0 Å². The zero-order valence-electron chi connectivity index (χ0n) is 11.5. The molecule has 2 rings (SSSR count). The topological polar surface area (TPSA) is 47.1 Å². The minimum atomic E-state index is 0.690. The number of nitrogens with two attached hydrogens (primary N) is 1. The van der Waals surface area contributed by atoms with Crippen molar-refractivity contribution in [1.29, 1.82) is 0 Å². The number of hydrogen-bond donors (Lipinski definition) is 1. The molecule has 2 aromatic rings. The fraction of sp³-hybridized carbons (Fsp3) is 0.400. The van der Waals surface area contributed by atoms with E-state index in [1.165, 1.54) is 5.56 Å². The van der Waals surface area contributed by atoms with Gasteiger partial charge in [-0.15, -0.1) is 0 Å². The molecular weight excluding hydrogens is 236 g/mol. The van der Waals surface area contributed by atoms with Gasteiger partial charge in [0.15, 0.2) is 0 Å². The van der Waals surface area contributed by atoms with Gasteiger partial charge < -0.3 is 10.3 Å². The van der Waals surface area contributed by atoms with Crippen molar-refractivity contribution >= 4 is 0 Å². The van der Waals surface area contributed by atoms with E-state index in [4.69, 9.17) is 5.73 Å². The predicted octanol–water partition coefficient (Wildman–Crippen LogP) is 1.65. The Bertz CT molecular complexity index is 478. The molecule has 0 aliphatic heterocycles. The Morgan fingerprint density at radius 1 is 1.21 bits per heavy atom. The molecule has 1 aromatic heterocycles. The fourth-order valence-electron chi connectivity index (χ4n) is 2.18. The molecule has 0 fully saturated rings. The second kappa shape index (κ2) is 7.07. The highest BCUT2D eigenvalue weighted by molar-refractivity contribution is 5.14. The summed E-state index contributed by atoms with van der Waals surface area (Å²) >= 11 is 0. The number of nitrogens with zero attached hydrogens (tertiary/aromatic N) is 3. The van der Waals surface area contributed by atoms with Crippen LogP contribution < -0.4 is 5.73 Å². The summed E-state index contributed by atoms with van der Waals surface area (Å²) in [6, 6.07) is 10.5. The molecule has 0 spiro atoms. The Balaban J connectivity index is 1.91. The molecule has 4 nitrogen and oxygen atoms in total. The van der Waals surface area contributed by atoms with Crippen molar-refractivity contribution in [3.8, 4) is 0 Å². The lowest BCUT2D eigenvalue weighted by Crippen LogP contribution is -2.32. The Hall–Kier alpha value is -1.65. The first-order valence-electron chi connectivity index (χ1n) is 6.73. The molecule has 0 aliphatic rings. The smallest absolute Gasteiger partial charge is 0.105 e. The van der Waals surface area contributed by atoms with E-state index < -0.39 is 0 Å². The first-order chi connectivity index (χ1) is 9.29. The van der Waals surface area contributed by atoms with Gasteiger partial charge in [0, 0.05) is 45.1 Å². The Morgan fingerprint density at radius 2 is 2.00 bits per heavy atom. The van der Waals surface area contributed by atoms with Crippen LogP contribution in [0, 0.1) is 6.92 Å². The van der Waals surface area contributed by atoms with E-state index in [0.717, 1.165) is 32.0 Å². The van der Waals surface area contributed by atoms with Crippen molar-refractivity contribution in [3.63, 3.8) is 0 Å². The molecule has 0 saturated heterocycles. The minimum absolute atomic E-state index is 0.690. The number of aryl methyl sites for hydroxylation is 1. The quantitative estimate of drug-likeness (QED) is 0.821. The monoisotopic (exact) mass is 258 g/mol. The van der Waals surface area contributed by atoms with Gasteiger partial charge in [0.25, 0.3) is 0 Å². The first-order valence-corrected chi connectivity index (χ1v) is 6.73. The third-order valence-corrected chi connectivity index (χ3v) is 3.28. The van der Waals surface area contributed by atoms with E-state index in [-0.39, 0.29) is 0 Å². The summed E-state index contributed by atoms with van der Waals surface area (Å²) in [5.41, 5.74) is 7.03. The summed E-state index contributed by atoms with van der Waals surface area (Å²) in [5, 5.41) is 0. The lowest BCUT2D eigenvalue weighted by molar-refractivity contribution is 0.261. The summed E-state index contributed by atoms with van der Waals surface area (Å²) in [6.07, 6.45) is 3.87. The van der Waals surface area contributed by atoms with Crippen LogP contribution in [-0.4, -0.2) is 34.1 Å². The molecule has 0 saturated carbocycles. The van der Waals surface area contributed by atoms with Crippen LogP contribution in [0.15, 0.2) is 42.7 Å². The standard InChI is InChI=1S/C15H22N4/c1-14-17-8-10-19(14)12-11-18(9-7-16)13-15-5-3-2-4-6-15/h2-6,8,10H,7,9,11-13,16H2,1H3. The summed E-state index contributed by atoms with van der Waals surface area (Å²) in [4.78, 5) is 6.63. The molecule has 0 atom stereocenters. The van der Waals surface area contributed by atoms with Crippen LogP contribution >= 0.6 is 0 Å². The second-order valence-electron chi connectivity index (χ2n) is 4.72. The first kappa shape index (κ1) is 13.8. The highest BCUT2D eigenvalue weighted by atomic mass is 15.2. The van der Waals surface area contributed by atoms with E-state index in [1.807, 2.05) is 25.4 Å². The molecule has 0 unspecified atom stereocenters. The molecule has 102 valence electrons. The third kappa shape index (κ3) is 4.19. The Labute approximate surface area is 114 Å². The maximum atomic E-state index is 5.70. The van der Waals surface area contributed by atoms with Gasteiger partial charge in [-0.05, 0) is 12.5 Å². The highest BCUT2D eigenvalue weighted by Crippen LogP contribution is 2.05. The van der Waals surface area contributed by atoms with Crippen LogP contribution in [0.25, 0.3) is 0 Å². The van der Waals surface area contributed by atoms with Crippen molar-refractivity contribution < 1.29 is 0 Å². The van der Waals surface area contributed by atoms with Gasteiger partial charge in [0.2, 0.25) is 0 Å². The zero-order valence-corrected chi connectivity index (χ0v) is 11.5. The molecule has 1 aromatic carbocycles. The summed E-state index contributed by atoms with van der Waals surface area (Å²) in [5.74, 6) is 1.06. The molecule has 4 heteroatoms. The number of rotatable bonds is 7. The molecule has 19 heavy (non-hydrogen) atoms. The average Bonchev–Trinajstić information content (AvgIpc) is 2.83. The van der Waals surface area contributed by atoms with Crippen molar-refractivity contribution in [1.82, 2.24) is 14.5 Å². The third-order valence-electron chi connectivity index (χ3n) is 3.28. The number of hydrogen-bond acceptors (Lipinski definition) is 3. The van der Waals surface area contributed by atoms with Crippen molar-refractivity contribution in [2.75, 3.05) is 19.6 Å². The maximum Gasteiger partial charge on any atom is 0.105 e. The van der Waals surface area contributed by atoms with Gasteiger partial charge in [-0.3, -0.25) is 4.90 Å². The molecule has 0 amide bonds. The summed E-state index contributed by atoms with van der Waals surface area (Å²) < 4.78 is 2.18. The van der Waals surface area contributed by atoms with Crippen LogP contribution in [0.4, 0.5) is 0 Å². The number of aromatic nitrogens is 2. The Kier molecular flexibility index (Phi) is 5.12. The van der Waals surface area contributed by atoms with Gasteiger partial charge in [0.1, 0.15) is 5.82 Å². The lowest BCUT2D eigenvalue weighted by Gasteiger charge is -2.22. The van der Waals surface area contributed by atoms with Crippen LogP contribution in [0.1, 0.15) is 11.4 Å². The fourth-order valence-corrected chi connectivity index (χ4v) is 2.18. The lowest BCUT2D eigenvalue weighted by atomic mass is 10.2. The van der Waals surface area contributed by atoms with Crippen LogP contribution in [0.5, 0.6) is 0 Å². The van der Waals surface area contributed by atoms with Gasteiger partial charge in [0.05, 0.1) is 0 Å². The molecule has 0 radical (unpaired) electrons. The van der Waals surface area contributed by atoms with Gasteiger partial charge >= 0.3 is 0 Å². The van der Waals surface area contributed by atoms with E-state index in [0.29, 0.717) is 6.54 Å². The Morgan fingerprint density at radius 3 is 2.63 bits per heavy atom. The van der Waals surface area contributed by atoms with Crippen LogP contribution in [0.3, 0.4) is 0 Å². The van der Waals surface area contributed by atoms with E-state index in [9.17, 15) is 0 Å². The van der Waals surface area contributed by atoms with Crippen molar-refractivity contribution in [2.45, 2.75) is 20.0 Å². The normalized spacial score (nSPS) is 11.1. The summed E-state index contributed by atoms with van der Waals surface area (Å²) in [7, 11) is 0. The zero-order chi connectivity index (χ0) is 13.5. The van der Waals surface area contributed by atoms with Crippen LogP contribution in [-0.2, 0) is 13.1 Å². The second-order valence-corrected chi connectivity index (χ2v) is 4.72. The van der Waals surface area contributed by atoms with Gasteiger partial charge in [-0.25, -0.2) is 4.98 Å². The minimum Gasteiger partial charge on any atom is -0.334 e. The molecule has 0 bridgehead atoms. The molecular formula is C15H22N4. The number of imidazole rings is 1. The molecule has 1 heterocycles. The summed E-state index contributed by atoms with van der Waals surface area (Å²) in [6.45, 7) is 6.54. The SMILES string of the molecule is Cc1nccn1CCN(CCN)Cc1ccccc1. The van der Waals surface area contributed by atoms with Crippen molar-refractivity contribution in [3.05, 3.63) is 54.1 Å². The van der Waals surface area contributed by atoms with Gasteiger partial charge in [-0.2, -0.15) is 0 Å². The highest BCUT2D eigenvalue weighted by Gasteiger charge is 2.06. The van der Waals surface area contributed by atoms with E-state index >= 15 is 0 Å². The average molecular weight is 258 g/mol. The van der Waals surface area contributed by atoms with Crippen molar-refractivity contribution in [2.24, 2.45) is 5.73 Å². The molecule has 2 N–H and O–H groups in total. The van der Waals surface area contributed by atoms with E-state index in [1.54, 1.807) is 0 Å². The van der Waals surface area contributed by atoms with E-state index in [2.05, 4.69) is 38.7 Å². The largest absolute Gasteiger partial charge is 0.334 e.